The van der Waals surface area contributed by atoms with Crippen LogP contribution >= 0.6 is 0 Å². The van der Waals surface area contributed by atoms with Gasteiger partial charge in [-0.15, -0.1) is 0 Å². The molecule has 0 atom stereocenters. The van der Waals surface area contributed by atoms with E-state index in [2.05, 4.69) is 5.32 Å². The molecule has 1 heterocycles. The highest BCUT2D eigenvalue weighted by molar-refractivity contribution is 7.91. The molecule has 0 spiro atoms. The van der Waals surface area contributed by atoms with Crippen LogP contribution in [-0.4, -0.2) is 38.6 Å². The van der Waals surface area contributed by atoms with Crippen LogP contribution in [0.5, 0.6) is 5.75 Å². The molecule has 35 heavy (non-hydrogen) atoms. The van der Waals surface area contributed by atoms with Gasteiger partial charge in [-0.2, -0.15) is 0 Å². The van der Waals surface area contributed by atoms with Crippen molar-refractivity contribution in [3.8, 4) is 5.75 Å². The number of carbonyl (C=O) groups excluding carboxylic acids is 2. The number of anilines is 1. The predicted molar refractivity (Wildman–Crippen MR) is 130 cm³/mol. The molecule has 0 radical (unpaired) electrons. The zero-order valence-electron chi connectivity index (χ0n) is 19.8. The molecular weight excluding hydrogens is 472 g/mol. The lowest BCUT2D eigenvalue weighted by molar-refractivity contribution is -0.116. The molecule has 2 aromatic carbocycles. The first kappa shape index (κ1) is 25.7. The molecule has 0 bridgehead atoms. The van der Waals surface area contributed by atoms with E-state index in [-0.39, 0.29) is 22.0 Å². The SMILES string of the molecule is CCOC(=O)c1ccc(NC(=O)Cn2c(C)cc(C)c(S(=O)(=O)c3ccc(OC)cc3)c2=O)cc1. The van der Waals surface area contributed by atoms with E-state index in [0.717, 1.165) is 4.57 Å². The molecule has 1 amide bonds. The molecule has 10 heteroatoms. The normalized spacial score (nSPS) is 11.1. The Morgan fingerprint density at radius 3 is 2.20 bits per heavy atom. The van der Waals surface area contributed by atoms with Gasteiger partial charge in [-0.1, -0.05) is 0 Å². The molecule has 0 unspecified atom stereocenters. The van der Waals surface area contributed by atoms with Gasteiger partial charge in [0.2, 0.25) is 15.7 Å². The maximum absolute atomic E-state index is 13.3. The van der Waals surface area contributed by atoms with Crippen LogP contribution in [0, 0.1) is 13.8 Å². The van der Waals surface area contributed by atoms with Crippen molar-refractivity contribution in [2.75, 3.05) is 19.0 Å². The molecule has 0 fully saturated rings. The number of benzene rings is 2. The Morgan fingerprint density at radius 1 is 1.00 bits per heavy atom. The lowest BCUT2D eigenvalue weighted by Gasteiger charge is -2.15. The van der Waals surface area contributed by atoms with Crippen molar-refractivity contribution in [3.05, 3.63) is 81.8 Å². The molecule has 0 aliphatic heterocycles. The third-order valence-electron chi connectivity index (χ3n) is 5.27. The first-order valence-corrected chi connectivity index (χ1v) is 12.2. The zero-order valence-corrected chi connectivity index (χ0v) is 20.6. The number of pyridine rings is 1. The summed E-state index contributed by atoms with van der Waals surface area (Å²) in [5.41, 5.74) is 0.686. The van der Waals surface area contributed by atoms with Gasteiger partial charge < -0.3 is 19.4 Å². The fourth-order valence-electron chi connectivity index (χ4n) is 3.55. The molecule has 184 valence electrons. The van der Waals surface area contributed by atoms with E-state index in [1.165, 1.54) is 55.6 Å². The standard InChI is InChI=1S/C25H26N2O7S/c1-5-34-25(30)18-6-8-19(9-7-18)26-22(28)15-27-17(3)14-16(2)23(24(27)29)35(31,32)21-12-10-20(33-4)11-13-21/h6-14H,5,15H2,1-4H3,(H,26,28). The Labute approximate surface area is 203 Å². The summed E-state index contributed by atoms with van der Waals surface area (Å²) in [5, 5.41) is 2.65. The lowest BCUT2D eigenvalue weighted by Crippen LogP contribution is -2.33. The largest absolute Gasteiger partial charge is 0.497 e. The number of rotatable bonds is 8. The zero-order chi connectivity index (χ0) is 25.8. The molecule has 0 aliphatic rings. The monoisotopic (exact) mass is 498 g/mol. The second kappa shape index (κ2) is 10.6. The van der Waals surface area contributed by atoms with Crippen LogP contribution in [0.25, 0.3) is 0 Å². The van der Waals surface area contributed by atoms with E-state index in [1.807, 2.05) is 0 Å². The first-order valence-electron chi connectivity index (χ1n) is 10.8. The van der Waals surface area contributed by atoms with Gasteiger partial charge in [-0.05, 0) is 80.9 Å². The lowest BCUT2D eigenvalue weighted by atomic mass is 10.2. The van der Waals surface area contributed by atoms with Crippen molar-refractivity contribution in [2.45, 2.75) is 37.1 Å². The van der Waals surface area contributed by atoms with Crippen LogP contribution in [0.4, 0.5) is 5.69 Å². The van der Waals surface area contributed by atoms with E-state index < -0.39 is 33.8 Å². The topological polar surface area (TPSA) is 121 Å². The molecule has 3 aromatic rings. The summed E-state index contributed by atoms with van der Waals surface area (Å²) >= 11 is 0. The number of hydrogen-bond donors (Lipinski definition) is 1. The molecule has 1 N–H and O–H groups in total. The number of aryl methyl sites for hydroxylation is 2. The van der Waals surface area contributed by atoms with Crippen LogP contribution < -0.4 is 15.6 Å². The highest BCUT2D eigenvalue weighted by Gasteiger charge is 2.26. The Balaban J connectivity index is 1.88. The van der Waals surface area contributed by atoms with Gasteiger partial charge in [-0.3, -0.25) is 9.59 Å². The van der Waals surface area contributed by atoms with Gasteiger partial charge in [0.1, 0.15) is 17.2 Å². The van der Waals surface area contributed by atoms with Crippen LogP contribution in [-0.2, 0) is 25.9 Å². The van der Waals surface area contributed by atoms with Crippen molar-refractivity contribution in [1.29, 1.82) is 0 Å². The fraction of sp³-hybridized carbons (Fsp3) is 0.240. The summed E-state index contributed by atoms with van der Waals surface area (Å²) in [4.78, 5) is 37.2. The summed E-state index contributed by atoms with van der Waals surface area (Å²) < 4.78 is 37.6. The number of carbonyl (C=O) groups is 2. The number of sulfone groups is 1. The van der Waals surface area contributed by atoms with Crippen molar-refractivity contribution >= 4 is 27.4 Å². The molecule has 0 aliphatic carbocycles. The average molecular weight is 499 g/mol. The van der Waals surface area contributed by atoms with Gasteiger partial charge in [0.25, 0.3) is 5.56 Å². The average Bonchev–Trinajstić information content (AvgIpc) is 2.82. The van der Waals surface area contributed by atoms with Gasteiger partial charge in [0.15, 0.2) is 0 Å². The number of hydrogen-bond acceptors (Lipinski definition) is 7. The third-order valence-corrected chi connectivity index (χ3v) is 7.20. The Morgan fingerprint density at radius 2 is 1.63 bits per heavy atom. The minimum absolute atomic E-state index is 0.0555. The smallest absolute Gasteiger partial charge is 0.338 e. The van der Waals surface area contributed by atoms with Gasteiger partial charge in [0.05, 0.1) is 24.2 Å². The van der Waals surface area contributed by atoms with Gasteiger partial charge >= 0.3 is 5.97 Å². The third kappa shape index (κ3) is 5.60. The number of methoxy groups -OCH3 is 1. The molecule has 9 nitrogen and oxygen atoms in total. The summed E-state index contributed by atoms with van der Waals surface area (Å²) in [6, 6.07) is 13.4. The van der Waals surface area contributed by atoms with Gasteiger partial charge in [-0.25, -0.2) is 13.2 Å². The van der Waals surface area contributed by atoms with E-state index in [1.54, 1.807) is 26.8 Å². The summed E-state index contributed by atoms with van der Waals surface area (Å²) in [6.07, 6.45) is 0. The molecule has 3 rings (SSSR count). The Hall–Kier alpha value is -3.92. The van der Waals surface area contributed by atoms with Crippen LogP contribution in [0.2, 0.25) is 0 Å². The van der Waals surface area contributed by atoms with Crippen molar-refractivity contribution in [1.82, 2.24) is 4.57 Å². The van der Waals surface area contributed by atoms with Crippen molar-refractivity contribution < 1.29 is 27.5 Å². The van der Waals surface area contributed by atoms with E-state index in [9.17, 15) is 22.8 Å². The summed E-state index contributed by atoms with van der Waals surface area (Å²) in [5.74, 6) is -0.525. The molecule has 0 saturated heterocycles. The molecule has 1 aromatic heterocycles. The summed E-state index contributed by atoms with van der Waals surface area (Å²) in [7, 11) is -2.68. The van der Waals surface area contributed by atoms with E-state index in [0.29, 0.717) is 22.7 Å². The van der Waals surface area contributed by atoms with E-state index >= 15 is 0 Å². The first-order chi connectivity index (χ1) is 16.6. The van der Waals surface area contributed by atoms with Crippen LogP contribution in [0.15, 0.2) is 69.2 Å². The van der Waals surface area contributed by atoms with Crippen LogP contribution in [0.1, 0.15) is 28.5 Å². The molecule has 0 saturated carbocycles. The van der Waals surface area contributed by atoms with Crippen LogP contribution in [0.3, 0.4) is 0 Å². The molecular formula is C25H26N2O7S. The maximum Gasteiger partial charge on any atom is 0.338 e. The maximum atomic E-state index is 13.3. The summed E-state index contributed by atoms with van der Waals surface area (Å²) in [6.45, 7) is 4.73. The van der Waals surface area contributed by atoms with Gasteiger partial charge in [0, 0.05) is 11.4 Å². The number of ether oxygens (including phenoxy) is 2. The van der Waals surface area contributed by atoms with E-state index in [4.69, 9.17) is 9.47 Å². The number of aromatic nitrogens is 1. The minimum atomic E-state index is -4.14. The van der Waals surface area contributed by atoms with Crippen molar-refractivity contribution in [2.24, 2.45) is 0 Å². The highest BCUT2D eigenvalue weighted by Crippen LogP contribution is 2.24. The minimum Gasteiger partial charge on any atom is -0.497 e. The number of nitrogens with zero attached hydrogens (tertiary/aromatic N) is 1. The second-order valence-electron chi connectivity index (χ2n) is 7.71. The predicted octanol–water partition coefficient (Wildman–Crippen LogP) is 3.12. The number of nitrogens with one attached hydrogen (secondary N) is 1. The number of amides is 1. The Kier molecular flexibility index (Phi) is 7.75. The second-order valence-corrected chi connectivity index (χ2v) is 9.60. The Bertz CT molecular complexity index is 1410. The quantitative estimate of drug-likeness (QED) is 0.474. The van der Waals surface area contributed by atoms with Crippen molar-refractivity contribution in [3.63, 3.8) is 0 Å². The highest BCUT2D eigenvalue weighted by atomic mass is 32.2. The fourth-order valence-corrected chi connectivity index (χ4v) is 5.11. The number of esters is 1.